The second kappa shape index (κ2) is 6.25. The quantitative estimate of drug-likeness (QED) is 0.564. The first kappa shape index (κ1) is 15.8. The van der Waals surface area contributed by atoms with Crippen molar-refractivity contribution in [3.8, 4) is 11.8 Å². The number of hydrogen-bond donors (Lipinski definition) is 0. The lowest BCUT2D eigenvalue weighted by Gasteiger charge is -2.36. The highest BCUT2D eigenvalue weighted by atomic mass is 28.4. The molecule has 0 heterocycles. The van der Waals surface area contributed by atoms with E-state index in [0.29, 0.717) is 6.42 Å². The molecule has 0 atom stereocenters. The second-order valence-corrected chi connectivity index (χ2v) is 11.2. The van der Waals surface area contributed by atoms with Crippen LogP contribution in [0.25, 0.3) is 0 Å². The summed E-state index contributed by atoms with van der Waals surface area (Å²) in [6.45, 7) is 11.3. The standard InChI is InChI=1S/C16H25NOSi/c1-16(2,3)19(4,5)18-15-11-9-14(10-12-15)8-6-7-13-17/h9-12H,6-8H2,1-5H3. The minimum Gasteiger partial charge on any atom is -0.544 e. The highest BCUT2D eigenvalue weighted by Gasteiger charge is 2.38. The molecule has 0 fully saturated rings. The molecule has 0 aromatic heterocycles. The Balaban J connectivity index is 2.65. The first-order valence-corrected chi connectivity index (χ1v) is 9.82. The van der Waals surface area contributed by atoms with Crippen molar-refractivity contribution in [2.75, 3.05) is 0 Å². The third kappa shape index (κ3) is 4.72. The van der Waals surface area contributed by atoms with Crippen LogP contribution in [0.15, 0.2) is 24.3 Å². The number of benzene rings is 1. The van der Waals surface area contributed by atoms with Gasteiger partial charge in [0.25, 0.3) is 0 Å². The molecule has 0 saturated carbocycles. The maximum Gasteiger partial charge on any atom is 0.250 e. The Kier molecular flexibility index (Phi) is 5.19. The lowest BCUT2D eigenvalue weighted by molar-refractivity contribution is 0.492. The monoisotopic (exact) mass is 275 g/mol. The van der Waals surface area contributed by atoms with Gasteiger partial charge in [0.05, 0.1) is 6.07 Å². The Bertz CT molecular complexity index is 437. The van der Waals surface area contributed by atoms with Crippen molar-refractivity contribution in [1.29, 1.82) is 5.26 Å². The molecule has 104 valence electrons. The number of unbranched alkanes of at least 4 members (excludes halogenated alkanes) is 1. The summed E-state index contributed by atoms with van der Waals surface area (Å²) in [5.41, 5.74) is 1.28. The van der Waals surface area contributed by atoms with E-state index in [4.69, 9.17) is 9.69 Å². The summed E-state index contributed by atoms with van der Waals surface area (Å²) >= 11 is 0. The smallest absolute Gasteiger partial charge is 0.250 e. The van der Waals surface area contributed by atoms with Crippen molar-refractivity contribution in [2.45, 2.75) is 58.2 Å². The van der Waals surface area contributed by atoms with Gasteiger partial charge in [-0.25, -0.2) is 0 Å². The van der Waals surface area contributed by atoms with Crippen LogP contribution in [0, 0.1) is 11.3 Å². The third-order valence-electron chi connectivity index (χ3n) is 3.86. The maximum atomic E-state index is 8.53. The average Bonchev–Trinajstić information content (AvgIpc) is 2.30. The molecule has 0 aliphatic heterocycles. The number of hydrogen-bond acceptors (Lipinski definition) is 2. The predicted molar refractivity (Wildman–Crippen MR) is 82.8 cm³/mol. The molecular weight excluding hydrogens is 250 g/mol. The van der Waals surface area contributed by atoms with Crippen LogP contribution in [0.2, 0.25) is 18.1 Å². The largest absolute Gasteiger partial charge is 0.544 e. The summed E-state index contributed by atoms with van der Waals surface area (Å²) in [5, 5.41) is 8.75. The highest BCUT2D eigenvalue weighted by molar-refractivity contribution is 6.74. The van der Waals surface area contributed by atoms with E-state index < -0.39 is 8.32 Å². The van der Waals surface area contributed by atoms with Crippen molar-refractivity contribution in [1.82, 2.24) is 0 Å². The van der Waals surface area contributed by atoms with Crippen molar-refractivity contribution in [3.05, 3.63) is 29.8 Å². The maximum absolute atomic E-state index is 8.53. The molecule has 0 radical (unpaired) electrons. The molecule has 0 N–H and O–H groups in total. The van der Waals surface area contributed by atoms with Crippen LogP contribution in [0.3, 0.4) is 0 Å². The van der Waals surface area contributed by atoms with Crippen LogP contribution in [-0.2, 0) is 6.42 Å². The van der Waals surface area contributed by atoms with Crippen LogP contribution in [0.1, 0.15) is 39.2 Å². The summed E-state index contributed by atoms with van der Waals surface area (Å²) in [5.74, 6) is 0.968. The lowest BCUT2D eigenvalue weighted by Crippen LogP contribution is -2.43. The molecule has 0 bridgehead atoms. The molecule has 0 spiro atoms. The summed E-state index contributed by atoms with van der Waals surface area (Å²) in [4.78, 5) is 0. The SMILES string of the molecule is CC(C)(C)[Si](C)(C)Oc1ccc(CCCC#N)cc1. The van der Waals surface area contributed by atoms with E-state index in [1.54, 1.807) is 0 Å². The van der Waals surface area contributed by atoms with E-state index in [2.05, 4.69) is 64.2 Å². The van der Waals surface area contributed by atoms with Gasteiger partial charge in [0.15, 0.2) is 0 Å². The van der Waals surface area contributed by atoms with Gasteiger partial charge in [-0.1, -0.05) is 32.9 Å². The van der Waals surface area contributed by atoms with Crippen LogP contribution < -0.4 is 4.43 Å². The Morgan fingerprint density at radius 3 is 2.21 bits per heavy atom. The van der Waals surface area contributed by atoms with E-state index in [1.807, 2.05) is 0 Å². The fourth-order valence-electron chi connectivity index (χ4n) is 1.54. The Morgan fingerprint density at radius 2 is 1.74 bits per heavy atom. The van der Waals surface area contributed by atoms with Gasteiger partial charge in [-0.3, -0.25) is 0 Å². The number of nitriles is 1. The molecule has 19 heavy (non-hydrogen) atoms. The number of rotatable bonds is 5. The third-order valence-corrected chi connectivity index (χ3v) is 8.21. The zero-order valence-electron chi connectivity index (χ0n) is 12.8. The summed E-state index contributed by atoms with van der Waals surface area (Å²) in [6, 6.07) is 10.5. The Labute approximate surface area is 118 Å². The molecule has 2 nitrogen and oxygen atoms in total. The Hall–Kier alpha value is -1.27. The molecule has 0 aliphatic carbocycles. The first-order valence-electron chi connectivity index (χ1n) is 6.91. The fourth-order valence-corrected chi connectivity index (χ4v) is 2.57. The molecule has 1 rings (SSSR count). The molecule has 3 heteroatoms. The number of aryl methyl sites for hydroxylation is 1. The minimum absolute atomic E-state index is 0.221. The van der Waals surface area contributed by atoms with Gasteiger partial charge >= 0.3 is 0 Å². The van der Waals surface area contributed by atoms with Gasteiger partial charge in [-0.2, -0.15) is 5.26 Å². The van der Waals surface area contributed by atoms with E-state index in [9.17, 15) is 0 Å². The van der Waals surface area contributed by atoms with Gasteiger partial charge in [0.2, 0.25) is 8.32 Å². The Morgan fingerprint density at radius 1 is 1.16 bits per heavy atom. The van der Waals surface area contributed by atoms with Crippen LogP contribution >= 0.6 is 0 Å². The van der Waals surface area contributed by atoms with Crippen LogP contribution in [0.5, 0.6) is 5.75 Å². The predicted octanol–water partition coefficient (Wildman–Crippen LogP) is 4.92. The molecule has 0 unspecified atom stereocenters. The van der Waals surface area contributed by atoms with Gasteiger partial charge in [-0.15, -0.1) is 0 Å². The number of nitrogens with zero attached hydrogens (tertiary/aromatic N) is 1. The zero-order chi connectivity index (χ0) is 14.5. The summed E-state index contributed by atoms with van der Waals surface area (Å²) < 4.78 is 6.23. The van der Waals surface area contributed by atoms with Crippen molar-refractivity contribution in [2.24, 2.45) is 0 Å². The molecular formula is C16H25NOSi. The van der Waals surface area contributed by atoms with Gasteiger partial charge in [0.1, 0.15) is 5.75 Å². The summed E-state index contributed by atoms with van der Waals surface area (Å²) in [7, 11) is -1.74. The van der Waals surface area contributed by atoms with Gasteiger partial charge in [0, 0.05) is 6.42 Å². The van der Waals surface area contributed by atoms with Gasteiger partial charge in [-0.05, 0) is 48.7 Å². The lowest BCUT2D eigenvalue weighted by atomic mass is 10.1. The van der Waals surface area contributed by atoms with Gasteiger partial charge < -0.3 is 4.43 Å². The van der Waals surface area contributed by atoms with Crippen LogP contribution in [0.4, 0.5) is 0 Å². The van der Waals surface area contributed by atoms with E-state index in [0.717, 1.165) is 18.6 Å². The van der Waals surface area contributed by atoms with E-state index in [-0.39, 0.29) is 5.04 Å². The fraction of sp³-hybridized carbons (Fsp3) is 0.562. The molecule has 0 amide bonds. The second-order valence-electron chi connectivity index (χ2n) is 6.52. The van der Waals surface area contributed by atoms with E-state index >= 15 is 0 Å². The first-order chi connectivity index (χ1) is 8.76. The van der Waals surface area contributed by atoms with E-state index in [1.165, 1.54) is 5.56 Å². The zero-order valence-corrected chi connectivity index (χ0v) is 13.8. The minimum atomic E-state index is -1.74. The highest BCUT2D eigenvalue weighted by Crippen LogP contribution is 2.37. The molecule has 0 saturated heterocycles. The summed E-state index contributed by atoms with van der Waals surface area (Å²) in [6.07, 6.45) is 2.52. The topological polar surface area (TPSA) is 33.0 Å². The molecule has 1 aromatic carbocycles. The van der Waals surface area contributed by atoms with Crippen molar-refractivity contribution < 1.29 is 4.43 Å². The molecule has 1 aromatic rings. The normalized spacial score (nSPS) is 12.0. The average molecular weight is 275 g/mol. The van der Waals surface area contributed by atoms with Crippen LogP contribution in [-0.4, -0.2) is 8.32 Å². The van der Waals surface area contributed by atoms with Crippen molar-refractivity contribution in [3.63, 3.8) is 0 Å². The molecule has 0 aliphatic rings. The van der Waals surface area contributed by atoms with Crippen molar-refractivity contribution >= 4 is 8.32 Å².